The normalized spacial score (nSPS) is 13.0. The van der Waals surface area contributed by atoms with Crippen molar-refractivity contribution in [2.75, 3.05) is 31.1 Å². The van der Waals surface area contributed by atoms with E-state index in [1.165, 1.54) is 5.69 Å². The van der Waals surface area contributed by atoms with Crippen molar-refractivity contribution >= 4 is 29.6 Å². The minimum absolute atomic E-state index is 0.226. The minimum atomic E-state index is -1.26. The highest BCUT2D eigenvalue weighted by Crippen LogP contribution is 2.28. The zero-order chi connectivity index (χ0) is 24.5. The van der Waals surface area contributed by atoms with E-state index in [2.05, 4.69) is 42.3 Å². The lowest BCUT2D eigenvalue weighted by molar-refractivity contribution is -0.134. The molecule has 11 nitrogen and oxygen atoms in total. The van der Waals surface area contributed by atoms with Crippen LogP contribution in [0.1, 0.15) is 13.8 Å². The number of aliphatic carboxylic acids is 4. The van der Waals surface area contributed by atoms with Crippen LogP contribution in [-0.2, 0) is 19.2 Å². The number of piperazine rings is 1. The second kappa shape index (κ2) is 15.9. The highest BCUT2D eigenvalue weighted by molar-refractivity contribution is 5.90. The molecular formula is C21H28N2O9. The van der Waals surface area contributed by atoms with Crippen LogP contribution in [0.2, 0.25) is 0 Å². The average molecular weight is 452 g/mol. The lowest BCUT2D eigenvalue weighted by Crippen LogP contribution is -2.43. The molecule has 0 saturated carbocycles. The molecule has 0 aromatic heterocycles. The molecule has 0 spiro atoms. The fourth-order valence-corrected chi connectivity index (χ4v) is 2.26. The zero-order valence-corrected chi connectivity index (χ0v) is 17.8. The van der Waals surface area contributed by atoms with Gasteiger partial charge in [-0.1, -0.05) is 12.1 Å². The number of hydrogen-bond donors (Lipinski definition) is 5. The Bertz CT molecular complexity index is 747. The van der Waals surface area contributed by atoms with E-state index >= 15 is 0 Å². The third-order valence-electron chi connectivity index (χ3n) is 3.42. The first-order valence-corrected chi connectivity index (χ1v) is 9.52. The summed E-state index contributed by atoms with van der Waals surface area (Å²) in [5, 5.41) is 34.6. The van der Waals surface area contributed by atoms with E-state index < -0.39 is 23.9 Å². The third kappa shape index (κ3) is 15.0. The Labute approximate surface area is 185 Å². The number of rotatable bonds is 7. The molecule has 0 aliphatic carbocycles. The molecule has 0 atom stereocenters. The predicted molar refractivity (Wildman–Crippen MR) is 116 cm³/mol. The van der Waals surface area contributed by atoms with Gasteiger partial charge in [0.15, 0.2) is 0 Å². The summed E-state index contributed by atoms with van der Waals surface area (Å²) in [6.07, 6.45) is 2.46. The van der Waals surface area contributed by atoms with Crippen molar-refractivity contribution in [1.29, 1.82) is 0 Å². The van der Waals surface area contributed by atoms with Gasteiger partial charge in [0.1, 0.15) is 5.75 Å². The van der Waals surface area contributed by atoms with Gasteiger partial charge in [-0.3, -0.25) is 0 Å². The van der Waals surface area contributed by atoms with Crippen LogP contribution in [0.15, 0.2) is 48.6 Å². The summed E-state index contributed by atoms with van der Waals surface area (Å²) < 4.78 is 5.84. The van der Waals surface area contributed by atoms with Crippen molar-refractivity contribution in [1.82, 2.24) is 5.32 Å². The number of hydrogen-bond acceptors (Lipinski definition) is 7. The molecule has 0 unspecified atom stereocenters. The number of carboxylic acid groups (broad SMARTS) is 4. The summed E-state index contributed by atoms with van der Waals surface area (Å²) in [6, 6.07) is 8.30. The van der Waals surface area contributed by atoms with Crippen molar-refractivity contribution in [2.45, 2.75) is 20.0 Å². The van der Waals surface area contributed by atoms with Crippen LogP contribution in [0.5, 0.6) is 5.75 Å². The summed E-state index contributed by atoms with van der Waals surface area (Å²) in [6.45, 7) is 8.34. The maximum Gasteiger partial charge on any atom is 0.328 e. The number of carboxylic acids is 4. The van der Waals surface area contributed by atoms with Gasteiger partial charge in [-0.25, -0.2) is 19.2 Å². The van der Waals surface area contributed by atoms with Gasteiger partial charge in [-0.2, -0.15) is 0 Å². The number of carbonyl (C=O) groups is 4. The van der Waals surface area contributed by atoms with Gasteiger partial charge in [-0.05, 0) is 26.0 Å². The highest BCUT2D eigenvalue weighted by atomic mass is 16.5. The van der Waals surface area contributed by atoms with E-state index in [9.17, 15) is 19.2 Å². The number of anilines is 1. The molecule has 1 fully saturated rings. The maximum absolute atomic E-state index is 9.55. The Kier molecular flexibility index (Phi) is 14.0. The van der Waals surface area contributed by atoms with Crippen LogP contribution in [0.3, 0.4) is 0 Å². The summed E-state index contributed by atoms with van der Waals surface area (Å²) in [7, 11) is 0. The first-order valence-electron chi connectivity index (χ1n) is 9.52. The summed E-state index contributed by atoms with van der Waals surface area (Å²) in [5.41, 5.74) is 1.22. The fraction of sp³-hybridized carbons (Fsp3) is 0.333. The molecule has 1 saturated heterocycles. The molecule has 1 heterocycles. The van der Waals surface area contributed by atoms with Crippen LogP contribution in [0, 0.1) is 0 Å². The topological polar surface area (TPSA) is 174 Å². The van der Waals surface area contributed by atoms with Crippen LogP contribution in [0.25, 0.3) is 0 Å². The largest absolute Gasteiger partial charge is 0.489 e. The molecule has 0 bridgehead atoms. The number of para-hydroxylation sites is 2. The van der Waals surface area contributed by atoms with Crippen molar-refractivity contribution in [3.05, 3.63) is 48.6 Å². The first-order chi connectivity index (χ1) is 15.0. The summed E-state index contributed by atoms with van der Waals surface area (Å²) in [4.78, 5) is 40.6. The molecule has 1 aromatic carbocycles. The van der Waals surface area contributed by atoms with Crippen LogP contribution < -0.4 is 15.0 Å². The lowest BCUT2D eigenvalue weighted by atomic mass is 10.2. The second-order valence-electron chi connectivity index (χ2n) is 6.39. The molecular weight excluding hydrogens is 424 g/mol. The van der Waals surface area contributed by atoms with Gasteiger partial charge in [-0.15, -0.1) is 0 Å². The monoisotopic (exact) mass is 452 g/mol. The first kappa shape index (κ1) is 28.1. The molecule has 1 aromatic rings. The molecule has 5 N–H and O–H groups in total. The van der Waals surface area contributed by atoms with E-state index in [1.807, 2.05) is 6.07 Å². The van der Waals surface area contributed by atoms with Crippen molar-refractivity contribution < 1.29 is 44.3 Å². The SMILES string of the molecule is CC(C)Oc1ccccc1N1CCNCC1.O=C(O)/C=C/C(=O)O.O=C(O)/C=C/C(=O)O. The van der Waals surface area contributed by atoms with Gasteiger partial charge in [0.2, 0.25) is 0 Å². The minimum Gasteiger partial charge on any atom is -0.489 e. The quantitative estimate of drug-likeness (QED) is 0.377. The molecule has 1 aliphatic heterocycles. The number of nitrogens with one attached hydrogen (secondary N) is 1. The van der Waals surface area contributed by atoms with Gasteiger partial charge in [0, 0.05) is 50.5 Å². The van der Waals surface area contributed by atoms with Gasteiger partial charge in [0.05, 0.1) is 11.8 Å². The molecule has 32 heavy (non-hydrogen) atoms. The molecule has 2 rings (SSSR count). The Morgan fingerprint density at radius 3 is 1.62 bits per heavy atom. The molecule has 0 amide bonds. The average Bonchev–Trinajstić information content (AvgIpc) is 2.72. The third-order valence-corrected chi connectivity index (χ3v) is 3.42. The van der Waals surface area contributed by atoms with Crippen molar-refractivity contribution in [3.63, 3.8) is 0 Å². The van der Waals surface area contributed by atoms with Crippen LogP contribution in [-0.4, -0.2) is 76.6 Å². The molecule has 176 valence electrons. The van der Waals surface area contributed by atoms with E-state index in [-0.39, 0.29) is 6.10 Å². The maximum atomic E-state index is 9.55. The summed E-state index contributed by atoms with van der Waals surface area (Å²) >= 11 is 0. The van der Waals surface area contributed by atoms with Crippen LogP contribution >= 0.6 is 0 Å². The van der Waals surface area contributed by atoms with Gasteiger partial charge >= 0.3 is 23.9 Å². The van der Waals surface area contributed by atoms with Gasteiger partial charge in [0.25, 0.3) is 0 Å². The Hall–Kier alpha value is -3.86. The fourth-order valence-electron chi connectivity index (χ4n) is 2.26. The molecule has 1 aliphatic rings. The second-order valence-corrected chi connectivity index (χ2v) is 6.39. The Morgan fingerprint density at radius 1 is 0.844 bits per heavy atom. The number of benzene rings is 1. The smallest absolute Gasteiger partial charge is 0.328 e. The highest BCUT2D eigenvalue weighted by Gasteiger charge is 2.14. The van der Waals surface area contributed by atoms with E-state index in [0.717, 1.165) is 31.9 Å². The summed E-state index contributed by atoms with van der Waals surface area (Å²) in [5.74, 6) is -4.03. The van der Waals surface area contributed by atoms with Gasteiger partial charge < -0.3 is 35.4 Å². The standard InChI is InChI=1S/C13H20N2O.2C4H4O4/c1-11(2)16-13-6-4-3-5-12(13)15-9-7-14-8-10-15;2*5-3(6)1-2-4(7)8/h3-6,11,14H,7-10H2,1-2H3;2*1-2H,(H,5,6)(H,7,8)/b;2*2-1+. The molecule has 11 heteroatoms. The van der Waals surface area contributed by atoms with Crippen molar-refractivity contribution in [2.24, 2.45) is 0 Å². The van der Waals surface area contributed by atoms with E-state index in [0.29, 0.717) is 24.3 Å². The molecule has 0 radical (unpaired) electrons. The van der Waals surface area contributed by atoms with Crippen LogP contribution in [0.4, 0.5) is 5.69 Å². The number of nitrogens with zero attached hydrogens (tertiary/aromatic N) is 1. The Morgan fingerprint density at radius 2 is 1.25 bits per heavy atom. The van der Waals surface area contributed by atoms with Crippen molar-refractivity contribution in [3.8, 4) is 5.75 Å². The number of ether oxygens (including phenoxy) is 1. The zero-order valence-electron chi connectivity index (χ0n) is 17.8. The van der Waals surface area contributed by atoms with E-state index in [4.69, 9.17) is 25.2 Å². The predicted octanol–water partition coefficient (Wildman–Crippen LogP) is 1.31. The Balaban J connectivity index is 0.000000510. The lowest BCUT2D eigenvalue weighted by Gasteiger charge is -2.31. The van der Waals surface area contributed by atoms with E-state index in [1.54, 1.807) is 0 Å².